The van der Waals surface area contributed by atoms with Crippen molar-refractivity contribution < 1.29 is 14.6 Å². The summed E-state index contributed by atoms with van der Waals surface area (Å²) in [5, 5.41) is 24.4. The predicted octanol–water partition coefficient (Wildman–Crippen LogP) is 2.48. The van der Waals surface area contributed by atoms with Crippen molar-refractivity contribution in [1.29, 1.82) is 10.8 Å². The minimum absolute atomic E-state index is 0.124. The quantitative estimate of drug-likeness (QED) is 0.375. The number of aliphatic carboxylic acids is 1. The van der Waals surface area contributed by atoms with E-state index in [1.54, 1.807) is 38.1 Å². The van der Waals surface area contributed by atoms with Crippen molar-refractivity contribution in [3.8, 4) is 0 Å². The summed E-state index contributed by atoms with van der Waals surface area (Å²) < 4.78 is 5.08. The van der Waals surface area contributed by atoms with E-state index in [0.29, 0.717) is 11.3 Å². The fourth-order valence-corrected chi connectivity index (χ4v) is 1.40. The van der Waals surface area contributed by atoms with Gasteiger partial charge in [-0.2, -0.15) is 0 Å². The molecule has 0 aliphatic rings. The molecule has 1 aromatic rings. The van der Waals surface area contributed by atoms with Crippen LogP contribution in [0.15, 0.2) is 24.3 Å². The van der Waals surface area contributed by atoms with Gasteiger partial charge in [0.2, 0.25) is 5.90 Å². The molecule has 1 aromatic carbocycles. The topological polar surface area (TPSA) is 120 Å². The molecule has 20 heavy (non-hydrogen) atoms. The van der Waals surface area contributed by atoms with Crippen LogP contribution in [0.5, 0.6) is 0 Å². The number of nitrogen functional groups attached to an aromatic ring is 1. The van der Waals surface area contributed by atoms with Crippen LogP contribution < -0.4 is 5.73 Å². The Bertz CT molecular complexity index is 521. The van der Waals surface area contributed by atoms with Crippen molar-refractivity contribution in [2.75, 3.05) is 5.73 Å². The number of anilines is 1. The zero-order valence-electron chi connectivity index (χ0n) is 11.6. The van der Waals surface area contributed by atoms with E-state index < -0.39 is 11.4 Å². The average Bonchev–Trinajstić information content (AvgIpc) is 2.37. The van der Waals surface area contributed by atoms with Gasteiger partial charge < -0.3 is 15.6 Å². The summed E-state index contributed by atoms with van der Waals surface area (Å²) >= 11 is 0. The number of hydrogen-bond donors (Lipinski definition) is 4. The first-order valence-corrected chi connectivity index (χ1v) is 6.15. The number of carboxylic acids is 1. The first-order chi connectivity index (χ1) is 9.22. The number of rotatable bonds is 5. The van der Waals surface area contributed by atoms with Crippen molar-refractivity contribution in [2.24, 2.45) is 5.41 Å². The highest BCUT2D eigenvalue weighted by molar-refractivity contribution is 5.99. The number of nitrogens with two attached hydrogens (primary N) is 1. The van der Waals surface area contributed by atoms with E-state index in [0.717, 1.165) is 0 Å². The number of hydrogen-bond acceptors (Lipinski definition) is 5. The molecule has 0 aliphatic carbocycles. The standard InChI is InChI=1S/C14H19N3O3/c1-14(2,13(18)19)8-7-11(16)20-12(17)9-3-5-10(15)6-4-9/h3-6,16-17H,7-8,15H2,1-2H3,(H,18,19). The Kier molecular flexibility index (Phi) is 4.85. The average molecular weight is 277 g/mol. The highest BCUT2D eigenvalue weighted by Gasteiger charge is 2.27. The number of benzene rings is 1. The molecule has 108 valence electrons. The van der Waals surface area contributed by atoms with Gasteiger partial charge in [-0.3, -0.25) is 15.6 Å². The van der Waals surface area contributed by atoms with E-state index in [9.17, 15) is 4.79 Å². The summed E-state index contributed by atoms with van der Waals surface area (Å²) in [5.41, 5.74) is 5.72. The zero-order chi connectivity index (χ0) is 15.3. The van der Waals surface area contributed by atoms with Crippen molar-refractivity contribution in [2.45, 2.75) is 26.7 Å². The maximum atomic E-state index is 10.9. The molecule has 6 nitrogen and oxygen atoms in total. The maximum absolute atomic E-state index is 10.9. The number of ether oxygens (including phenoxy) is 1. The van der Waals surface area contributed by atoms with E-state index in [4.69, 9.17) is 26.4 Å². The van der Waals surface area contributed by atoms with Gasteiger partial charge in [-0.15, -0.1) is 0 Å². The molecule has 0 radical (unpaired) electrons. The van der Waals surface area contributed by atoms with Crippen LogP contribution in [-0.4, -0.2) is 22.9 Å². The smallest absolute Gasteiger partial charge is 0.309 e. The van der Waals surface area contributed by atoms with E-state index in [1.807, 2.05) is 0 Å². The van der Waals surface area contributed by atoms with Crippen molar-refractivity contribution in [1.82, 2.24) is 0 Å². The summed E-state index contributed by atoms with van der Waals surface area (Å²) in [6, 6.07) is 6.55. The Balaban J connectivity index is 2.52. The van der Waals surface area contributed by atoms with Crippen molar-refractivity contribution in [3.05, 3.63) is 29.8 Å². The molecule has 0 aromatic heterocycles. The van der Waals surface area contributed by atoms with Crippen molar-refractivity contribution >= 4 is 23.5 Å². The Morgan fingerprint density at radius 2 is 1.85 bits per heavy atom. The SMILES string of the molecule is CC(C)(CCC(=N)OC(=N)c1ccc(N)cc1)C(=O)O. The molecule has 1 rings (SSSR count). The lowest BCUT2D eigenvalue weighted by Crippen LogP contribution is -2.25. The molecule has 0 aliphatic heterocycles. The van der Waals surface area contributed by atoms with Crippen LogP contribution >= 0.6 is 0 Å². The molecular formula is C14H19N3O3. The molecule has 0 unspecified atom stereocenters. The van der Waals surface area contributed by atoms with Gasteiger partial charge in [0.15, 0.2) is 5.90 Å². The molecule has 0 bridgehead atoms. The lowest BCUT2D eigenvalue weighted by atomic mass is 9.88. The zero-order valence-corrected chi connectivity index (χ0v) is 11.6. The summed E-state index contributed by atoms with van der Waals surface area (Å²) in [4.78, 5) is 10.9. The second kappa shape index (κ2) is 6.18. The first-order valence-electron chi connectivity index (χ1n) is 6.15. The number of carboxylic acid groups (broad SMARTS) is 1. The molecule has 0 saturated heterocycles. The van der Waals surface area contributed by atoms with E-state index in [1.165, 1.54) is 0 Å². The first kappa shape index (κ1) is 15.7. The molecule has 0 atom stereocenters. The van der Waals surface area contributed by atoms with Crippen LogP contribution in [0.4, 0.5) is 5.69 Å². The third kappa shape index (κ3) is 4.38. The molecule has 0 spiro atoms. The van der Waals surface area contributed by atoms with E-state index in [2.05, 4.69) is 0 Å². The van der Waals surface area contributed by atoms with Gasteiger partial charge in [0.25, 0.3) is 0 Å². The van der Waals surface area contributed by atoms with Gasteiger partial charge in [-0.1, -0.05) is 0 Å². The molecule has 0 saturated carbocycles. The van der Waals surface area contributed by atoms with Gasteiger partial charge in [0, 0.05) is 17.7 Å². The van der Waals surface area contributed by atoms with Crippen LogP contribution in [0.3, 0.4) is 0 Å². The fraction of sp³-hybridized carbons (Fsp3) is 0.357. The fourth-order valence-electron chi connectivity index (χ4n) is 1.40. The number of nitrogens with one attached hydrogen (secondary N) is 2. The Morgan fingerprint density at radius 3 is 2.35 bits per heavy atom. The van der Waals surface area contributed by atoms with Crippen LogP contribution in [0, 0.1) is 16.2 Å². The predicted molar refractivity (Wildman–Crippen MR) is 77.1 cm³/mol. The largest absolute Gasteiger partial charge is 0.481 e. The molecule has 0 fully saturated rings. The van der Waals surface area contributed by atoms with Gasteiger partial charge >= 0.3 is 5.97 Å². The second-order valence-electron chi connectivity index (χ2n) is 5.17. The van der Waals surface area contributed by atoms with Gasteiger partial charge in [0.05, 0.1) is 5.41 Å². The van der Waals surface area contributed by atoms with Gasteiger partial charge in [-0.25, -0.2) is 0 Å². The lowest BCUT2D eigenvalue weighted by Gasteiger charge is -2.18. The molecule has 0 heterocycles. The summed E-state index contributed by atoms with van der Waals surface area (Å²) in [7, 11) is 0. The van der Waals surface area contributed by atoms with Gasteiger partial charge in [0.1, 0.15) is 0 Å². The van der Waals surface area contributed by atoms with Crippen LogP contribution in [0.2, 0.25) is 0 Å². The van der Waals surface area contributed by atoms with Crippen molar-refractivity contribution in [3.63, 3.8) is 0 Å². The molecular weight excluding hydrogens is 258 g/mol. The summed E-state index contributed by atoms with van der Waals surface area (Å²) in [6.07, 6.45) is 0.437. The highest BCUT2D eigenvalue weighted by atomic mass is 16.5. The Morgan fingerprint density at radius 1 is 1.30 bits per heavy atom. The second-order valence-corrected chi connectivity index (χ2v) is 5.17. The van der Waals surface area contributed by atoms with E-state index in [-0.39, 0.29) is 24.6 Å². The minimum Gasteiger partial charge on any atom is -0.481 e. The Labute approximate surface area is 117 Å². The molecule has 6 heteroatoms. The summed E-state index contributed by atoms with van der Waals surface area (Å²) in [5.74, 6) is -1.19. The van der Waals surface area contributed by atoms with Gasteiger partial charge in [-0.05, 0) is 44.5 Å². The molecule has 5 N–H and O–H groups in total. The maximum Gasteiger partial charge on any atom is 0.309 e. The number of carbonyl (C=O) groups is 1. The highest BCUT2D eigenvalue weighted by Crippen LogP contribution is 2.22. The molecule has 0 amide bonds. The van der Waals surface area contributed by atoms with Crippen LogP contribution in [0.1, 0.15) is 32.3 Å². The normalized spacial score (nSPS) is 10.9. The monoisotopic (exact) mass is 277 g/mol. The summed E-state index contributed by atoms with van der Waals surface area (Å²) in [6.45, 7) is 3.18. The lowest BCUT2D eigenvalue weighted by molar-refractivity contribution is -0.147. The van der Waals surface area contributed by atoms with Crippen LogP contribution in [0.25, 0.3) is 0 Å². The van der Waals surface area contributed by atoms with Crippen LogP contribution in [-0.2, 0) is 9.53 Å². The van der Waals surface area contributed by atoms with E-state index >= 15 is 0 Å². The minimum atomic E-state index is -0.918. The third-order valence-corrected chi connectivity index (χ3v) is 2.95. The Hall–Kier alpha value is -2.37. The third-order valence-electron chi connectivity index (χ3n) is 2.95.